The van der Waals surface area contributed by atoms with Crippen molar-refractivity contribution in [1.82, 2.24) is 24.1 Å². The second kappa shape index (κ2) is 11.2. The molecule has 4 aromatic carbocycles. The molecule has 216 valence electrons. The first-order chi connectivity index (χ1) is 21.0. The number of hydrogen-bond acceptors (Lipinski definition) is 6. The molecule has 0 aliphatic carbocycles. The fourth-order valence-electron chi connectivity index (χ4n) is 5.86. The highest BCUT2D eigenvalue weighted by Gasteiger charge is 2.29. The van der Waals surface area contributed by atoms with Gasteiger partial charge in [-0.25, -0.2) is 23.1 Å². The van der Waals surface area contributed by atoms with Crippen molar-refractivity contribution in [2.75, 3.05) is 31.1 Å². The third-order valence-corrected chi connectivity index (χ3v) is 9.94. The lowest BCUT2D eigenvalue weighted by Gasteiger charge is -2.24. The molecule has 6 aromatic rings. The number of anilines is 1. The van der Waals surface area contributed by atoms with Crippen molar-refractivity contribution in [2.24, 2.45) is 0 Å². The van der Waals surface area contributed by atoms with Crippen molar-refractivity contribution >= 4 is 37.6 Å². The summed E-state index contributed by atoms with van der Waals surface area (Å²) in [5, 5.41) is 7.72. The van der Waals surface area contributed by atoms with Crippen LogP contribution in [0.1, 0.15) is 23.5 Å². The molecule has 3 heterocycles. The van der Waals surface area contributed by atoms with Crippen molar-refractivity contribution in [3.8, 4) is 5.69 Å². The molecule has 0 N–H and O–H groups in total. The molecule has 1 saturated heterocycles. The number of hydrogen-bond donors (Lipinski definition) is 0. The van der Waals surface area contributed by atoms with Gasteiger partial charge in [0.25, 0.3) is 0 Å². The zero-order valence-electron chi connectivity index (χ0n) is 24.0. The highest BCUT2D eigenvalue weighted by molar-refractivity contribution is 7.89. The van der Waals surface area contributed by atoms with Crippen molar-refractivity contribution in [1.29, 1.82) is 0 Å². The zero-order chi connectivity index (χ0) is 29.4. The molecule has 0 radical (unpaired) electrons. The lowest BCUT2D eigenvalue weighted by atomic mass is 10.1. The van der Waals surface area contributed by atoms with Gasteiger partial charge < -0.3 is 4.90 Å². The van der Waals surface area contributed by atoms with E-state index < -0.39 is 10.0 Å². The molecule has 43 heavy (non-hydrogen) atoms. The Morgan fingerprint density at radius 1 is 0.744 bits per heavy atom. The monoisotopic (exact) mass is 588 g/mol. The van der Waals surface area contributed by atoms with E-state index in [9.17, 15) is 8.42 Å². The minimum absolute atomic E-state index is 0.328. The number of sulfonamides is 1. The standard InChI is InChI=1S/C34H32N6O2S/c1-25-32-33(35-31(23-26-11-4-2-5-12-26)36-34(32)40(37-25)29-15-6-3-7-16-29)38-19-10-20-39(22-21-38)43(41,42)30-18-17-27-13-8-9-14-28(27)24-30/h2-9,11-18,24H,10,19-23H2,1H3. The molecule has 0 spiro atoms. The molecule has 1 fully saturated rings. The Bertz CT molecular complexity index is 2030. The first-order valence-electron chi connectivity index (χ1n) is 14.6. The first kappa shape index (κ1) is 27.2. The van der Waals surface area contributed by atoms with Crippen LogP contribution in [0, 0.1) is 6.92 Å². The summed E-state index contributed by atoms with van der Waals surface area (Å²) in [4.78, 5) is 12.7. The minimum atomic E-state index is -3.66. The molecule has 8 nitrogen and oxygen atoms in total. The number of nitrogens with zero attached hydrogens (tertiary/aromatic N) is 6. The Labute approximate surface area is 251 Å². The fraction of sp³-hybridized carbons (Fsp3) is 0.206. The molecule has 0 unspecified atom stereocenters. The van der Waals surface area contributed by atoms with Crippen LogP contribution < -0.4 is 4.90 Å². The maximum Gasteiger partial charge on any atom is 0.243 e. The van der Waals surface area contributed by atoms with Gasteiger partial charge in [0.15, 0.2) is 5.65 Å². The number of benzene rings is 4. The van der Waals surface area contributed by atoms with E-state index in [2.05, 4.69) is 17.0 Å². The van der Waals surface area contributed by atoms with Gasteiger partial charge in [-0.3, -0.25) is 0 Å². The Morgan fingerprint density at radius 2 is 1.47 bits per heavy atom. The summed E-state index contributed by atoms with van der Waals surface area (Å²) in [6, 6.07) is 33.4. The molecular formula is C34H32N6O2S. The normalized spacial score (nSPS) is 14.8. The fourth-order valence-corrected chi connectivity index (χ4v) is 7.37. The highest BCUT2D eigenvalue weighted by atomic mass is 32.2. The lowest BCUT2D eigenvalue weighted by Crippen LogP contribution is -2.35. The molecule has 9 heteroatoms. The molecule has 1 aliphatic heterocycles. The van der Waals surface area contributed by atoms with E-state index in [1.165, 1.54) is 0 Å². The topological polar surface area (TPSA) is 84.2 Å². The number of fused-ring (bicyclic) bond motifs is 2. The van der Waals surface area contributed by atoms with Gasteiger partial charge in [-0.2, -0.15) is 9.40 Å². The van der Waals surface area contributed by atoms with E-state index in [4.69, 9.17) is 15.1 Å². The van der Waals surface area contributed by atoms with Crippen LogP contribution in [0.3, 0.4) is 0 Å². The third kappa shape index (κ3) is 5.26. The summed E-state index contributed by atoms with van der Waals surface area (Å²) >= 11 is 0. The van der Waals surface area contributed by atoms with Crippen LogP contribution in [-0.2, 0) is 16.4 Å². The van der Waals surface area contributed by atoms with Crippen molar-refractivity contribution in [3.05, 3.63) is 120 Å². The maximum atomic E-state index is 13.8. The van der Waals surface area contributed by atoms with Crippen LogP contribution in [0.4, 0.5) is 5.82 Å². The Hall–Kier alpha value is -4.60. The van der Waals surface area contributed by atoms with E-state index in [-0.39, 0.29) is 0 Å². The van der Waals surface area contributed by atoms with E-state index in [1.807, 2.05) is 90.5 Å². The second-order valence-electron chi connectivity index (χ2n) is 10.9. The van der Waals surface area contributed by atoms with Crippen molar-refractivity contribution in [2.45, 2.75) is 24.7 Å². The Balaban J connectivity index is 1.25. The van der Waals surface area contributed by atoms with E-state index >= 15 is 0 Å². The van der Waals surface area contributed by atoms with Gasteiger partial charge in [0.05, 0.1) is 21.7 Å². The summed E-state index contributed by atoms with van der Waals surface area (Å²) < 4.78 is 31.1. The molecule has 0 atom stereocenters. The Kier molecular flexibility index (Phi) is 7.12. The van der Waals surface area contributed by atoms with Gasteiger partial charge in [-0.15, -0.1) is 0 Å². The molecule has 0 amide bonds. The van der Waals surface area contributed by atoms with E-state index in [1.54, 1.807) is 16.4 Å². The molecule has 1 aliphatic rings. The second-order valence-corrected chi connectivity index (χ2v) is 12.8. The molecule has 7 rings (SSSR count). The highest BCUT2D eigenvalue weighted by Crippen LogP contribution is 2.31. The van der Waals surface area contributed by atoms with Crippen LogP contribution in [0.25, 0.3) is 27.5 Å². The summed E-state index contributed by atoms with van der Waals surface area (Å²) in [7, 11) is -3.66. The zero-order valence-corrected chi connectivity index (χ0v) is 24.8. The molecule has 2 aromatic heterocycles. The quantitative estimate of drug-likeness (QED) is 0.246. The first-order valence-corrected chi connectivity index (χ1v) is 16.0. The van der Waals surface area contributed by atoms with Crippen LogP contribution in [0.2, 0.25) is 0 Å². The van der Waals surface area contributed by atoms with Crippen LogP contribution in [-0.4, -0.2) is 58.7 Å². The van der Waals surface area contributed by atoms with Crippen LogP contribution in [0.15, 0.2) is 108 Å². The number of rotatable bonds is 6. The molecule has 0 saturated carbocycles. The van der Waals surface area contributed by atoms with Gasteiger partial charge >= 0.3 is 0 Å². The average molecular weight is 589 g/mol. The predicted octanol–water partition coefficient (Wildman–Crippen LogP) is 5.77. The van der Waals surface area contributed by atoms with Crippen LogP contribution >= 0.6 is 0 Å². The van der Waals surface area contributed by atoms with Gasteiger partial charge in [-0.05, 0) is 53.9 Å². The maximum absolute atomic E-state index is 13.8. The molecule has 0 bridgehead atoms. The Morgan fingerprint density at radius 3 is 2.26 bits per heavy atom. The third-order valence-electron chi connectivity index (χ3n) is 8.05. The smallest absolute Gasteiger partial charge is 0.243 e. The average Bonchev–Trinajstić information content (AvgIpc) is 3.19. The summed E-state index contributed by atoms with van der Waals surface area (Å²) in [6.07, 6.45) is 1.26. The van der Waals surface area contributed by atoms with Crippen molar-refractivity contribution in [3.63, 3.8) is 0 Å². The largest absolute Gasteiger partial charge is 0.355 e. The van der Waals surface area contributed by atoms with Gasteiger partial charge in [0.2, 0.25) is 10.0 Å². The SMILES string of the molecule is Cc1nn(-c2ccccc2)c2nc(Cc3ccccc3)nc(N3CCCN(S(=O)(=O)c4ccc5ccccc5c4)CC3)c12. The van der Waals surface area contributed by atoms with Gasteiger partial charge in [0.1, 0.15) is 11.6 Å². The lowest BCUT2D eigenvalue weighted by molar-refractivity contribution is 0.433. The number of aromatic nitrogens is 4. The molecular weight excluding hydrogens is 556 g/mol. The summed E-state index contributed by atoms with van der Waals surface area (Å²) in [5.74, 6) is 1.51. The van der Waals surface area contributed by atoms with Crippen LogP contribution in [0.5, 0.6) is 0 Å². The van der Waals surface area contributed by atoms with Gasteiger partial charge in [-0.1, -0.05) is 78.9 Å². The summed E-state index contributed by atoms with van der Waals surface area (Å²) in [6.45, 7) is 3.98. The number of para-hydroxylation sites is 1. The summed E-state index contributed by atoms with van der Waals surface area (Å²) in [5.41, 5.74) is 3.65. The minimum Gasteiger partial charge on any atom is -0.355 e. The predicted molar refractivity (Wildman–Crippen MR) is 170 cm³/mol. The number of aryl methyl sites for hydroxylation is 1. The van der Waals surface area contributed by atoms with E-state index in [0.717, 1.165) is 44.6 Å². The van der Waals surface area contributed by atoms with Gasteiger partial charge in [0, 0.05) is 32.6 Å². The van der Waals surface area contributed by atoms with Crippen molar-refractivity contribution < 1.29 is 8.42 Å². The van der Waals surface area contributed by atoms with E-state index in [0.29, 0.717) is 49.7 Å².